The van der Waals surface area contributed by atoms with Gasteiger partial charge in [0.05, 0.1) is 0 Å². The van der Waals surface area contributed by atoms with E-state index in [1.807, 2.05) is 13.8 Å². The molecule has 2 rings (SSSR count). The molecule has 0 unspecified atom stereocenters. The minimum atomic E-state index is -0.491. The SMILES string of the molecule is CCCNc1nc(Cl)nc(Oc2cc(C)ccc2F)n1. The van der Waals surface area contributed by atoms with Crippen LogP contribution in [-0.2, 0) is 0 Å². The summed E-state index contributed by atoms with van der Waals surface area (Å²) in [7, 11) is 0. The fraction of sp³-hybridized carbons (Fsp3) is 0.308. The van der Waals surface area contributed by atoms with Crippen molar-refractivity contribution in [3.05, 3.63) is 34.9 Å². The Hall–Kier alpha value is -1.95. The predicted molar refractivity (Wildman–Crippen MR) is 74.8 cm³/mol. The van der Waals surface area contributed by atoms with Crippen LogP contribution in [0, 0.1) is 12.7 Å². The molecular weight excluding hydrogens is 283 g/mol. The van der Waals surface area contributed by atoms with Crippen molar-refractivity contribution >= 4 is 17.5 Å². The van der Waals surface area contributed by atoms with Gasteiger partial charge in [0.1, 0.15) is 0 Å². The highest BCUT2D eigenvalue weighted by Gasteiger charge is 2.10. The quantitative estimate of drug-likeness (QED) is 0.913. The molecule has 1 aromatic heterocycles. The van der Waals surface area contributed by atoms with Crippen molar-refractivity contribution in [1.82, 2.24) is 15.0 Å². The van der Waals surface area contributed by atoms with E-state index in [2.05, 4.69) is 20.3 Å². The van der Waals surface area contributed by atoms with Crippen molar-refractivity contribution in [2.24, 2.45) is 0 Å². The van der Waals surface area contributed by atoms with Crippen LogP contribution in [0.15, 0.2) is 18.2 Å². The second-order valence-corrected chi connectivity index (χ2v) is 4.51. The summed E-state index contributed by atoms with van der Waals surface area (Å²) in [6.45, 7) is 4.54. The van der Waals surface area contributed by atoms with Crippen LogP contribution in [0.25, 0.3) is 0 Å². The number of aryl methyl sites for hydroxylation is 1. The third-order valence-electron chi connectivity index (χ3n) is 2.41. The van der Waals surface area contributed by atoms with Gasteiger partial charge < -0.3 is 10.1 Å². The van der Waals surface area contributed by atoms with E-state index in [0.29, 0.717) is 12.5 Å². The van der Waals surface area contributed by atoms with Gasteiger partial charge in [0.2, 0.25) is 11.2 Å². The van der Waals surface area contributed by atoms with E-state index in [4.69, 9.17) is 16.3 Å². The fourth-order valence-electron chi connectivity index (χ4n) is 1.48. The summed E-state index contributed by atoms with van der Waals surface area (Å²) in [5.74, 6) is -0.140. The summed E-state index contributed by atoms with van der Waals surface area (Å²) in [5.41, 5.74) is 0.867. The van der Waals surface area contributed by atoms with Crippen molar-refractivity contribution in [3.63, 3.8) is 0 Å². The summed E-state index contributed by atoms with van der Waals surface area (Å²) >= 11 is 5.79. The summed E-state index contributed by atoms with van der Waals surface area (Å²) in [4.78, 5) is 11.8. The first kappa shape index (κ1) is 14.5. The summed E-state index contributed by atoms with van der Waals surface area (Å²) in [6.07, 6.45) is 0.909. The second-order valence-electron chi connectivity index (χ2n) is 4.17. The number of hydrogen-bond donors (Lipinski definition) is 1. The van der Waals surface area contributed by atoms with E-state index in [0.717, 1.165) is 12.0 Å². The smallest absolute Gasteiger partial charge is 0.328 e. The molecule has 0 bridgehead atoms. The van der Waals surface area contributed by atoms with Gasteiger partial charge in [0.15, 0.2) is 11.6 Å². The van der Waals surface area contributed by atoms with Gasteiger partial charge in [-0.1, -0.05) is 13.0 Å². The maximum atomic E-state index is 13.6. The standard InChI is InChI=1S/C13H14ClFN4O/c1-3-6-16-12-17-11(14)18-13(19-12)20-10-7-8(2)4-5-9(10)15/h4-5,7H,3,6H2,1-2H3,(H,16,17,18,19). The lowest BCUT2D eigenvalue weighted by molar-refractivity contribution is 0.409. The lowest BCUT2D eigenvalue weighted by Crippen LogP contribution is -2.06. The monoisotopic (exact) mass is 296 g/mol. The van der Waals surface area contributed by atoms with E-state index in [9.17, 15) is 4.39 Å². The third-order valence-corrected chi connectivity index (χ3v) is 2.58. The Kier molecular flexibility index (Phi) is 4.68. The molecule has 0 spiro atoms. The Morgan fingerprint density at radius 1 is 1.30 bits per heavy atom. The van der Waals surface area contributed by atoms with Crippen LogP contribution in [-0.4, -0.2) is 21.5 Å². The van der Waals surface area contributed by atoms with E-state index >= 15 is 0 Å². The molecule has 20 heavy (non-hydrogen) atoms. The van der Waals surface area contributed by atoms with Crippen molar-refractivity contribution in [2.75, 3.05) is 11.9 Å². The van der Waals surface area contributed by atoms with Gasteiger partial charge in [-0.25, -0.2) is 4.39 Å². The van der Waals surface area contributed by atoms with Gasteiger partial charge in [-0.15, -0.1) is 0 Å². The highest BCUT2D eigenvalue weighted by Crippen LogP contribution is 2.24. The van der Waals surface area contributed by atoms with Crippen LogP contribution in [0.4, 0.5) is 10.3 Å². The lowest BCUT2D eigenvalue weighted by atomic mass is 10.2. The van der Waals surface area contributed by atoms with Crippen LogP contribution in [0.3, 0.4) is 0 Å². The van der Waals surface area contributed by atoms with Crippen molar-refractivity contribution < 1.29 is 9.13 Å². The van der Waals surface area contributed by atoms with Crippen LogP contribution in [0.1, 0.15) is 18.9 Å². The number of nitrogens with zero attached hydrogens (tertiary/aromatic N) is 3. The molecule has 0 saturated heterocycles. The number of benzene rings is 1. The number of hydrogen-bond acceptors (Lipinski definition) is 5. The molecule has 0 aliphatic carbocycles. The predicted octanol–water partition coefficient (Wildman–Crippen LogP) is 3.59. The van der Waals surface area contributed by atoms with Gasteiger partial charge >= 0.3 is 6.01 Å². The molecule has 0 saturated carbocycles. The molecule has 1 aromatic carbocycles. The minimum absolute atomic E-state index is 0.0123. The van der Waals surface area contributed by atoms with Gasteiger partial charge in [0, 0.05) is 6.54 Å². The number of ether oxygens (including phenoxy) is 1. The highest BCUT2D eigenvalue weighted by molar-refractivity contribution is 6.28. The summed E-state index contributed by atoms with van der Waals surface area (Å²) in [6, 6.07) is 4.49. The minimum Gasteiger partial charge on any atom is -0.421 e. The molecule has 0 aliphatic heterocycles. The number of aromatic nitrogens is 3. The second kappa shape index (κ2) is 6.47. The number of nitrogens with one attached hydrogen (secondary N) is 1. The maximum absolute atomic E-state index is 13.6. The molecule has 0 radical (unpaired) electrons. The zero-order valence-electron chi connectivity index (χ0n) is 11.2. The lowest BCUT2D eigenvalue weighted by Gasteiger charge is -2.08. The molecule has 0 aliphatic rings. The highest BCUT2D eigenvalue weighted by atomic mass is 35.5. The molecule has 1 N–H and O–H groups in total. The van der Waals surface area contributed by atoms with E-state index in [1.165, 1.54) is 6.07 Å². The van der Waals surface area contributed by atoms with E-state index in [-0.39, 0.29) is 17.0 Å². The van der Waals surface area contributed by atoms with E-state index < -0.39 is 5.82 Å². The molecule has 0 fully saturated rings. The summed E-state index contributed by atoms with van der Waals surface area (Å²) in [5, 5.41) is 2.95. The fourth-order valence-corrected chi connectivity index (χ4v) is 1.63. The van der Waals surface area contributed by atoms with Crippen molar-refractivity contribution in [1.29, 1.82) is 0 Å². The number of halogens is 2. The van der Waals surface area contributed by atoms with Gasteiger partial charge in [0.25, 0.3) is 0 Å². The molecule has 106 valence electrons. The van der Waals surface area contributed by atoms with Crippen LogP contribution in [0.2, 0.25) is 5.28 Å². The maximum Gasteiger partial charge on any atom is 0.328 e. The van der Waals surface area contributed by atoms with Crippen LogP contribution >= 0.6 is 11.6 Å². The number of anilines is 1. The van der Waals surface area contributed by atoms with Gasteiger partial charge in [-0.05, 0) is 42.6 Å². The van der Waals surface area contributed by atoms with Crippen LogP contribution in [0.5, 0.6) is 11.8 Å². The molecule has 0 atom stereocenters. The largest absolute Gasteiger partial charge is 0.421 e. The molecule has 0 amide bonds. The Morgan fingerprint density at radius 2 is 2.10 bits per heavy atom. The Balaban J connectivity index is 2.24. The zero-order chi connectivity index (χ0) is 14.5. The molecular formula is C13H14ClFN4O. The first-order valence-electron chi connectivity index (χ1n) is 6.18. The molecule has 1 heterocycles. The van der Waals surface area contributed by atoms with Crippen LogP contribution < -0.4 is 10.1 Å². The molecule has 7 heteroatoms. The van der Waals surface area contributed by atoms with Crippen molar-refractivity contribution in [3.8, 4) is 11.8 Å². The Morgan fingerprint density at radius 3 is 2.85 bits per heavy atom. The van der Waals surface area contributed by atoms with Gasteiger partial charge in [-0.2, -0.15) is 15.0 Å². The first-order chi connectivity index (χ1) is 9.58. The van der Waals surface area contributed by atoms with Gasteiger partial charge in [-0.3, -0.25) is 0 Å². The Labute approximate surface area is 121 Å². The Bertz CT molecular complexity index is 609. The zero-order valence-corrected chi connectivity index (χ0v) is 11.9. The third kappa shape index (κ3) is 3.77. The molecule has 5 nitrogen and oxygen atoms in total. The average Bonchev–Trinajstić information content (AvgIpc) is 2.40. The van der Waals surface area contributed by atoms with E-state index in [1.54, 1.807) is 12.1 Å². The normalized spacial score (nSPS) is 10.4. The number of rotatable bonds is 5. The van der Waals surface area contributed by atoms with Crippen molar-refractivity contribution in [2.45, 2.75) is 20.3 Å². The first-order valence-corrected chi connectivity index (χ1v) is 6.55. The topological polar surface area (TPSA) is 59.9 Å². The molecule has 2 aromatic rings. The average molecular weight is 297 g/mol. The summed E-state index contributed by atoms with van der Waals surface area (Å²) < 4.78 is 18.9.